The van der Waals surface area contributed by atoms with Gasteiger partial charge in [-0.25, -0.2) is 0 Å². The van der Waals surface area contributed by atoms with Crippen LogP contribution in [-0.2, 0) is 11.3 Å². The Hall–Kier alpha value is -1.45. The highest BCUT2D eigenvalue weighted by atomic mass is 16.5. The van der Waals surface area contributed by atoms with E-state index < -0.39 is 0 Å². The summed E-state index contributed by atoms with van der Waals surface area (Å²) in [6, 6.07) is 10.4. The van der Waals surface area contributed by atoms with Crippen molar-refractivity contribution in [3.8, 4) is 0 Å². The Morgan fingerprint density at radius 3 is 3.11 bits per heavy atom. The Bertz CT molecular complexity index is 530. The highest BCUT2D eigenvalue weighted by Crippen LogP contribution is 2.17. The maximum absolute atomic E-state index is 5.39. The maximum Gasteiger partial charge on any atom is 0.0705 e. The van der Waals surface area contributed by atoms with Crippen LogP contribution in [-0.4, -0.2) is 24.7 Å². The van der Waals surface area contributed by atoms with Crippen LogP contribution in [0.4, 0.5) is 0 Å². The SMILES string of the molecule is c1ccc2c(CNCCC3CCOC3)ccnc2c1. The lowest BCUT2D eigenvalue weighted by molar-refractivity contribution is 0.184. The lowest BCUT2D eigenvalue weighted by Crippen LogP contribution is -2.18. The predicted octanol–water partition coefficient (Wildman–Crippen LogP) is 2.75. The van der Waals surface area contributed by atoms with Crippen molar-refractivity contribution in [2.45, 2.75) is 19.4 Å². The van der Waals surface area contributed by atoms with Crippen molar-refractivity contribution in [1.29, 1.82) is 0 Å². The predicted molar refractivity (Wildman–Crippen MR) is 77.0 cm³/mol. The van der Waals surface area contributed by atoms with Crippen LogP contribution in [0.3, 0.4) is 0 Å². The van der Waals surface area contributed by atoms with Gasteiger partial charge < -0.3 is 10.1 Å². The van der Waals surface area contributed by atoms with E-state index in [1.807, 2.05) is 12.3 Å². The number of fused-ring (bicyclic) bond motifs is 1. The van der Waals surface area contributed by atoms with Gasteiger partial charge in [0, 0.05) is 31.3 Å². The topological polar surface area (TPSA) is 34.1 Å². The smallest absolute Gasteiger partial charge is 0.0705 e. The van der Waals surface area contributed by atoms with Crippen LogP contribution in [0.25, 0.3) is 10.9 Å². The van der Waals surface area contributed by atoms with Crippen molar-refractivity contribution in [1.82, 2.24) is 10.3 Å². The number of hydrogen-bond donors (Lipinski definition) is 1. The summed E-state index contributed by atoms with van der Waals surface area (Å²) in [5, 5.41) is 4.79. The summed E-state index contributed by atoms with van der Waals surface area (Å²) in [5.74, 6) is 0.752. The van der Waals surface area contributed by atoms with E-state index in [0.29, 0.717) is 0 Å². The standard InChI is InChI=1S/C16H20N2O/c1-2-4-16-15(3-1)14(6-9-18-16)11-17-8-5-13-7-10-19-12-13/h1-4,6,9,13,17H,5,7-8,10-12H2. The molecular formula is C16H20N2O. The first-order valence-electron chi connectivity index (χ1n) is 7.04. The van der Waals surface area contributed by atoms with E-state index in [2.05, 4.69) is 34.6 Å². The zero-order valence-electron chi connectivity index (χ0n) is 11.1. The molecule has 1 fully saturated rings. The molecule has 1 atom stereocenters. The Morgan fingerprint density at radius 2 is 2.21 bits per heavy atom. The molecule has 1 unspecified atom stereocenters. The monoisotopic (exact) mass is 256 g/mol. The molecule has 100 valence electrons. The summed E-state index contributed by atoms with van der Waals surface area (Å²) < 4.78 is 5.39. The van der Waals surface area contributed by atoms with Crippen LogP contribution in [0, 0.1) is 5.92 Å². The molecule has 3 rings (SSSR count). The number of benzene rings is 1. The molecule has 0 aliphatic carbocycles. The van der Waals surface area contributed by atoms with Gasteiger partial charge in [-0.2, -0.15) is 0 Å². The highest BCUT2D eigenvalue weighted by molar-refractivity contribution is 5.81. The summed E-state index contributed by atoms with van der Waals surface area (Å²) in [4.78, 5) is 4.39. The van der Waals surface area contributed by atoms with Gasteiger partial charge in [-0.15, -0.1) is 0 Å². The van der Waals surface area contributed by atoms with Crippen LogP contribution in [0.2, 0.25) is 0 Å². The third-order valence-corrected chi connectivity index (χ3v) is 3.81. The molecule has 2 aromatic rings. The largest absolute Gasteiger partial charge is 0.381 e. The first-order valence-corrected chi connectivity index (χ1v) is 7.04. The molecule has 0 bridgehead atoms. The van der Waals surface area contributed by atoms with E-state index in [9.17, 15) is 0 Å². The lowest BCUT2D eigenvalue weighted by atomic mass is 10.1. The molecule has 0 amide bonds. The van der Waals surface area contributed by atoms with Gasteiger partial charge in [0.25, 0.3) is 0 Å². The molecule has 1 N–H and O–H groups in total. The minimum absolute atomic E-state index is 0.752. The quantitative estimate of drug-likeness (QED) is 0.835. The third kappa shape index (κ3) is 3.11. The van der Waals surface area contributed by atoms with Gasteiger partial charge >= 0.3 is 0 Å². The van der Waals surface area contributed by atoms with Crippen LogP contribution >= 0.6 is 0 Å². The van der Waals surface area contributed by atoms with Crippen LogP contribution in [0.1, 0.15) is 18.4 Å². The number of para-hydroxylation sites is 1. The van der Waals surface area contributed by atoms with E-state index in [4.69, 9.17) is 4.74 Å². The van der Waals surface area contributed by atoms with Gasteiger partial charge in [0.1, 0.15) is 0 Å². The van der Waals surface area contributed by atoms with E-state index >= 15 is 0 Å². The van der Waals surface area contributed by atoms with Gasteiger partial charge in [-0.1, -0.05) is 18.2 Å². The molecule has 19 heavy (non-hydrogen) atoms. The van der Waals surface area contributed by atoms with Gasteiger partial charge in [0.2, 0.25) is 0 Å². The van der Waals surface area contributed by atoms with Gasteiger partial charge in [-0.3, -0.25) is 4.98 Å². The van der Waals surface area contributed by atoms with Crippen molar-refractivity contribution in [3.63, 3.8) is 0 Å². The summed E-state index contributed by atoms with van der Waals surface area (Å²) in [6.07, 6.45) is 4.33. The summed E-state index contributed by atoms with van der Waals surface area (Å²) >= 11 is 0. The normalized spacial score (nSPS) is 19.1. The van der Waals surface area contributed by atoms with Crippen molar-refractivity contribution >= 4 is 10.9 Å². The molecule has 0 saturated carbocycles. The Labute approximate surface area is 114 Å². The molecule has 3 nitrogen and oxygen atoms in total. The van der Waals surface area contributed by atoms with E-state index in [0.717, 1.165) is 37.7 Å². The first-order chi connectivity index (χ1) is 9.43. The zero-order valence-corrected chi connectivity index (χ0v) is 11.1. The number of pyridine rings is 1. The average Bonchev–Trinajstić information content (AvgIpc) is 2.97. The van der Waals surface area contributed by atoms with E-state index in [1.165, 1.54) is 23.8 Å². The molecule has 1 aromatic heterocycles. The fraction of sp³-hybridized carbons (Fsp3) is 0.438. The highest BCUT2D eigenvalue weighted by Gasteiger charge is 2.14. The third-order valence-electron chi connectivity index (χ3n) is 3.81. The number of aromatic nitrogens is 1. The fourth-order valence-corrected chi connectivity index (χ4v) is 2.65. The lowest BCUT2D eigenvalue weighted by Gasteiger charge is -2.10. The second kappa shape index (κ2) is 6.13. The molecule has 0 radical (unpaired) electrons. The minimum atomic E-state index is 0.752. The second-order valence-corrected chi connectivity index (χ2v) is 5.18. The van der Waals surface area contributed by atoms with Crippen molar-refractivity contribution < 1.29 is 4.74 Å². The Kier molecular flexibility index (Phi) is 4.06. The molecule has 1 aliphatic heterocycles. The summed E-state index contributed by atoms with van der Waals surface area (Å²) in [5.41, 5.74) is 2.40. The van der Waals surface area contributed by atoms with Gasteiger partial charge in [0.05, 0.1) is 5.52 Å². The summed E-state index contributed by atoms with van der Waals surface area (Å²) in [7, 11) is 0. The zero-order chi connectivity index (χ0) is 12.9. The van der Waals surface area contributed by atoms with Crippen molar-refractivity contribution in [2.75, 3.05) is 19.8 Å². The number of rotatable bonds is 5. The van der Waals surface area contributed by atoms with E-state index in [-0.39, 0.29) is 0 Å². The van der Waals surface area contributed by atoms with Crippen molar-refractivity contribution in [3.05, 3.63) is 42.1 Å². The average molecular weight is 256 g/mol. The molecule has 0 spiro atoms. The van der Waals surface area contributed by atoms with Crippen LogP contribution in [0.5, 0.6) is 0 Å². The Balaban J connectivity index is 1.56. The number of hydrogen-bond acceptors (Lipinski definition) is 3. The number of nitrogens with zero attached hydrogens (tertiary/aromatic N) is 1. The maximum atomic E-state index is 5.39. The molecule has 1 aliphatic rings. The number of nitrogens with one attached hydrogen (secondary N) is 1. The Morgan fingerprint density at radius 1 is 1.26 bits per heavy atom. The van der Waals surface area contributed by atoms with Crippen molar-refractivity contribution in [2.24, 2.45) is 5.92 Å². The molecular weight excluding hydrogens is 236 g/mol. The fourth-order valence-electron chi connectivity index (χ4n) is 2.65. The molecule has 3 heteroatoms. The molecule has 1 aromatic carbocycles. The molecule has 1 saturated heterocycles. The number of ether oxygens (including phenoxy) is 1. The van der Waals surface area contributed by atoms with Gasteiger partial charge in [-0.05, 0) is 43.0 Å². The summed E-state index contributed by atoms with van der Waals surface area (Å²) in [6.45, 7) is 3.86. The van der Waals surface area contributed by atoms with Gasteiger partial charge in [0.15, 0.2) is 0 Å². The van der Waals surface area contributed by atoms with Crippen LogP contribution in [0.15, 0.2) is 36.5 Å². The van der Waals surface area contributed by atoms with Crippen LogP contribution < -0.4 is 5.32 Å². The second-order valence-electron chi connectivity index (χ2n) is 5.18. The minimum Gasteiger partial charge on any atom is -0.381 e. The van der Waals surface area contributed by atoms with E-state index in [1.54, 1.807) is 0 Å². The molecule has 2 heterocycles. The first kappa shape index (κ1) is 12.6.